The van der Waals surface area contributed by atoms with Gasteiger partial charge in [-0.15, -0.1) is 11.6 Å². The molecule has 1 N–H and O–H groups in total. The summed E-state index contributed by atoms with van der Waals surface area (Å²) in [5.41, 5.74) is 0.994. The van der Waals surface area contributed by atoms with Gasteiger partial charge in [-0.2, -0.15) is 0 Å². The van der Waals surface area contributed by atoms with Crippen LogP contribution in [0.4, 0.5) is 0 Å². The van der Waals surface area contributed by atoms with Crippen LogP contribution in [0.15, 0.2) is 30.3 Å². The Bertz CT molecular complexity index is 547. The summed E-state index contributed by atoms with van der Waals surface area (Å²) < 4.78 is 28.2. The van der Waals surface area contributed by atoms with Gasteiger partial charge in [0.2, 0.25) is 0 Å². The Hall–Kier alpha value is -0.850. The van der Waals surface area contributed by atoms with Crippen molar-refractivity contribution in [3.8, 4) is 0 Å². The van der Waals surface area contributed by atoms with Crippen molar-refractivity contribution in [2.24, 2.45) is 0 Å². The van der Waals surface area contributed by atoms with Crippen molar-refractivity contribution < 1.29 is 13.2 Å². The predicted molar refractivity (Wildman–Crippen MR) is 79.0 cm³/mol. The zero-order chi connectivity index (χ0) is 13.9. The van der Waals surface area contributed by atoms with E-state index in [2.05, 4.69) is 5.32 Å². The normalized spacial score (nSPS) is 24.9. The smallest absolute Gasteiger partial charge is 0.257 e. The van der Waals surface area contributed by atoms with Crippen LogP contribution in [-0.4, -0.2) is 36.5 Å². The van der Waals surface area contributed by atoms with E-state index in [1.165, 1.54) is 0 Å². The summed E-state index contributed by atoms with van der Waals surface area (Å²) in [6.07, 6.45) is 0. The summed E-state index contributed by atoms with van der Waals surface area (Å²) in [5, 5.41) is 2.56. The number of rotatable bonds is 3. The lowest BCUT2D eigenvalue weighted by Gasteiger charge is -2.16. The van der Waals surface area contributed by atoms with Gasteiger partial charge >= 0.3 is 0 Å². The lowest BCUT2D eigenvalue weighted by Crippen LogP contribution is -2.40. The number of hydrogen-bond donors (Lipinski definition) is 1. The minimum absolute atomic E-state index is 0.00396. The van der Waals surface area contributed by atoms with Crippen LogP contribution >= 0.6 is 23.8 Å². The van der Waals surface area contributed by atoms with Crippen LogP contribution < -0.4 is 5.32 Å². The van der Waals surface area contributed by atoms with Crippen molar-refractivity contribution in [2.75, 3.05) is 11.5 Å². The van der Waals surface area contributed by atoms with Crippen LogP contribution in [0.3, 0.4) is 0 Å². The second-order valence-corrected chi connectivity index (χ2v) is 7.49. The summed E-state index contributed by atoms with van der Waals surface area (Å²) in [6, 6.07) is 9.21. The summed E-state index contributed by atoms with van der Waals surface area (Å²) in [7, 11) is -3.07. The Morgan fingerprint density at radius 3 is 2.63 bits per heavy atom. The van der Waals surface area contributed by atoms with Crippen LogP contribution in [0.2, 0.25) is 0 Å². The van der Waals surface area contributed by atoms with Gasteiger partial charge in [0, 0.05) is 0 Å². The van der Waals surface area contributed by atoms with E-state index in [-0.39, 0.29) is 22.7 Å². The number of sulfone groups is 1. The molecule has 0 spiro atoms. The fourth-order valence-corrected chi connectivity index (χ4v) is 4.61. The molecule has 1 aromatic carbocycles. The molecule has 1 aliphatic heterocycles. The Morgan fingerprint density at radius 2 is 2.05 bits per heavy atom. The van der Waals surface area contributed by atoms with E-state index in [0.717, 1.165) is 5.56 Å². The highest BCUT2D eigenvalue weighted by Crippen LogP contribution is 2.18. The van der Waals surface area contributed by atoms with Crippen molar-refractivity contribution in [3.63, 3.8) is 0 Å². The van der Waals surface area contributed by atoms with E-state index in [1.54, 1.807) is 0 Å². The maximum absolute atomic E-state index is 11.4. The van der Waals surface area contributed by atoms with Gasteiger partial charge in [0.1, 0.15) is 6.61 Å². The molecule has 0 saturated carbocycles. The third kappa shape index (κ3) is 4.33. The SMILES string of the molecule is O=S1(=O)CC(Cl)C(NC(=S)OCc2ccccc2)C1. The molecule has 4 nitrogen and oxygen atoms in total. The monoisotopic (exact) mass is 319 g/mol. The van der Waals surface area contributed by atoms with Gasteiger partial charge in [-0.1, -0.05) is 30.3 Å². The van der Waals surface area contributed by atoms with E-state index in [9.17, 15) is 8.42 Å². The summed E-state index contributed by atoms with van der Waals surface area (Å²) in [4.78, 5) is 0. The standard InChI is InChI=1S/C12H14ClNO3S2/c13-10-7-19(15,16)8-11(10)14-12(18)17-6-9-4-2-1-3-5-9/h1-5,10-11H,6-8H2,(H,14,18). The first-order valence-electron chi connectivity index (χ1n) is 5.78. The Morgan fingerprint density at radius 1 is 1.37 bits per heavy atom. The second kappa shape index (κ2) is 6.07. The molecule has 2 rings (SSSR count). The molecule has 1 aromatic rings. The van der Waals surface area contributed by atoms with Crippen LogP contribution in [-0.2, 0) is 21.2 Å². The highest BCUT2D eigenvalue weighted by Gasteiger charge is 2.36. The first kappa shape index (κ1) is 14.6. The summed E-state index contributed by atoms with van der Waals surface area (Å²) >= 11 is 11.0. The third-order valence-electron chi connectivity index (χ3n) is 2.80. The van der Waals surface area contributed by atoms with Gasteiger partial charge in [0.05, 0.1) is 22.9 Å². The number of hydrogen-bond acceptors (Lipinski definition) is 4. The fourth-order valence-electron chi connectivity index (χ4n) is 1.85. The number of alkyl halides is 1. The van der Waals surface area contributed by atoms with Crippen LogP contribution in [0.1, 0.15) is 5.56 Å². The number of ether oxygens (including phenoxy) is 1. The molecule has 1 aliphatic rings. The molecule has 1 saturated heterocycles. The van der Waals surface area contributed by atoms with Crippen molar-refractivity contribution in [3.05, 3.63) is 35.9 Å². The van der Waals surface area contributed by atoms with Crippen molar-refractivity contribution in [2.45, 2.75) is 18.0 Å². The van der Waals surface area contributed by atoms with Crippen LogP contribution in [0.5, 0.6) is 0 Å². The topological polar surface area (TPSA) is 55.4 Å². The van der Waals surface area contributed by atoms with E-state index in [1.807, 2.05) is 30.3 Å². The van der Waals surface area contributed by atoms with Crippen molar-refractivity contribution >= 4 is 38.8 Å². The second-order valence-electron chi connectivity index (χ2n) is 4.41. The van der Waals surface area contributed by atoms with Crippen LogP contribution in [0.25, 0.3) is 0 Å². The molecule has 19 heavy (non-hydrogen) atoms. The van der Waals surface area contributed by atoms with Crippen LogP contribution in [0, 0.1) is 0 Å². The largest absolute Gasteiger partial charge is 0.466 e. The van der Waals surface area contributed by atoms with Gasteiger partial charge in [-0.3, -0.25) is 0 Å². The summed E-state index contributed by atoms with van der Waals surface area (Å²) in [5.74, 6) is -0.0243. The third-order valence-corrected chi connectivity index (χ3v) is 5.41. The lowest BCUT2D eigenvalue weighted by atomic mass is 10.2. The number of benzene rings is 1. The Labute approximate surface area is 123 Å². The zero-order valence-electron chi connectivity index (χ0n) is 10.1. The van der Waals surface area contributed by atoms with Gasteiger partial charge in [-0.25, -0.2) is 8.42 Å². The quantitative estimate of drug-likeness (QED) is 0.675. The molecule has 2 unspecified atom stereocenters. The Kier molecular flexibility index (Phi) is 4.65. The average molecular weight is 320 g/mol. The molecule has 2 atom stereocenters. The number of halogens is 1. The predicted octanol–water partition coefficient (Wildman–Crippen LogP) is 1.48. The van der Waals surface area contributed by atoms with Gasteiger partial charge in [0.25, 0.3) is 5.17 Å². The maximum Gasteiger partial charge on any atom is 0.257 e. The van der Waals surface area contributed by atoms with Gasteiger partial charge in [-0.05, 0) is 17.8 Å². The zero-order valence-corrected chi connectivity index (χ0v) is 12.5. The molecule has 104 valence electrons. The Balaban J connectivity index is 1.82. The lowest BCUT2D eigenvalue weighted by molar-refractivity contribution is 0.283. The van der Waals surface area contributed by atoms with Gasteiger partial charge < -0.3 is 10.1 Å². The molecule has 0 amide bonds. The van der Waals surface area contributed by atoms with Crippen molar-refractivity contribution in [1.82, 2.24) is 5.32 Å². The molecule has 0 aliphatic carbocycles. The van der Waals surface area contributed by atoms with E-state index < -0.39 is 15.2 Å². The molecule has 1 fully saturated rings. The minimum atomic E-state index is -3.07. The minimum Gasteiger partial charge on any atom is -0.466 e. The first-order valence-corrected chi connectivity index (χ1v) is 8.44. The molecule has 7 heteroatoms. The first-order chi connectivity index (χ1) is 8.96. The number of nitrogens with one attached hydrogen (secondary N) is 1. The fraction of sp³-hybridized carbons (Fsp3) is 0.417. The molecule has 0 bridgehead atoms. The van der Waals surface area contributed by atoms with Gasteiger partial charge in [0.15, 0.2) is 9.84 Å². The molecular weight excluding hydrogens is 306 g/mol. The van der Waals surface area contributed by atoms with Crippen molar-refractivity contribution in [1.29, 1.82) is 0 Å². The van der Waals surface area contributed by atoms with E-state index in [0.29, 0.717) is 6.61 Å². The maximum atomic E-state index is 11.4. The average Bonchev–Trinajstić information content (AvgIpc) is 2.61. The molecular formula is C12H14ClNO3S2. The highest BCUT2D eigenvalue weighted by atomic mass is 35.5. The highest BCUT2D eigenvalue weighted by molar-refractivity contribution is 7.91. The molecule has 0 radical (unpaired) electrons. The van der Waals surface area contributed by atoms with E-state index >= 15 is 0 Å². The molecule has 1 heterocycles. The van der Waals surface area contributed by atoms with E-state index in [4.69, 9.17) is 28.6 Å². The molecule has 0 aromatic heterocycles. The summed E-state index contributed by atoms with van der Waals surface area (Å²) in [6.45, 7) is 0.346. The number of thiocarbonyl (C=S) groups is 1.